The monoisotopic (exact) mass is 482 g/mol. The lowest BCUT2D eigenvalue weighted by molar-refractivity contribution is -0.137. The first-order valence-electron chi connectivity index (χ1n) is 10.3. The van der Waals surface area contributed by atoms with Gasteiger partial charge in [-0.15, -0.1) is 0 Å². The van der Waals surface area contributed by atoms with E-state index in [-0.39, 0.29) is 11.6 Å². The first kappa shape index (κ1) is 26.8. The lowest BCUT2D eigenvalue weighted by Crippen LogP contribution is -2.56. The van der Waals surface area contributed by atoms with E-state index < -0.39 is 29.7 Å². The van der Waals surface area contributed by atoms with Crippen molar-refractivity contribution in [2.24, 2.45) is 5.41 Å². The molecule has 1 atom stereocenters. The highest BCUT2D eigenvalue weighted by molar-refractivity contribution is 5.97. The largest absolute Gasteiger partial charge is 0.341 e. The van der Waals surface area contributed by atoms with Gasteiger partial charge in [0.15, 0.2) is 0 Å². The van der Waals surface area contributed by atoms with Crippen LogP contribution in [-0.2, 0) is 4.79 Å². The number of hydrogen-bond donors (Lipinski definition) is 5. The first-order valence-corrected chi connectivity index (χ1v) is 10.3. The zero-order valence-electron chi connectivity index (χ0n) is 19.2. The molecule has 0 fully saturated rings. The van der Waals surface area contributed by atoms with Crippen LogP contribution in [0.1, 0.15) is 35.3 Å². The highest BCUT2D eigenvalue weighted by Gasteiger charge is 2.43. The summed E-state index contributed by atoms with van der Waals surface area (Å²) in [4.78, 5) is 35.6. The van der Waals surface area contributed by atoms with E-state index in [0.29, 0.717) is 16.8 Å². The number of benzene rings is 2. The summed E-state index contributed by atoms with van der Waals surface area (Å²) in [5.41, 5.74) is 1.37. The highest BCUT2D eigenvalue weighted by atomic mass is 19.3. The maximum atomic E-state index is 13.3. The van der Waals surface area contributed by atoms with E-state index in [2.05, 4.69) is 39.6 Å². The molecule has 0 unspecified atom stereocenters. The molecule has 0 bridgehead atoms. The number of anilines is 1. The van der Waals surface area contributed by atoms with Crippen LogP contribution >= 0.6 is 0 Å². The number of amides is 4. The molecule has 5 N–H and O–H groups in total. The van der Waals surface area contributed by atoms with Crippen LogP contribution in [0, 0.1) is 29.1 Å². The molecule has 10 heteroatoms. The molecule has 0 heterocycles. The molecule has 2 aromatic carbocycles. The van der Waals surface area contributed by atoms with Gasteiger partial charge in [0.2, 0.25) is 6.43 Å². The van der Waals surface area contributed by atoms with Gasteiger partial charge in [-0.05, 0) is 60.4 Å². The van der Waals surface area contributed by atoms with Crippen LogP contribution in [0.15, 0.2) is 48.5 Å². The van der Waals surface area contributed by atoms with Gasteiger partial charge in [0, 0.05) is 29.4 Å². The van der Waals surface area contributed by atoms with Crippen molar-refractivity contribution in [1.82, 2.24) is 16.1 Å². The van der Waals surface area contributed by atoms with Crippen molar-refractivity contribution in [2.45, 2.75) is 26.3 Å². The Labute approximate surface area is 201 Å². The van der Waals surface area contributed by atoms with E-state index in [1.54, 1.807) is 36.4 Å². The summed E-state index contributed by atoms with van der Waals surface area (Å²) in [7, 11) is 1.52. The Bertz CT molecular complexity index is 1190. The Hall–Kier alpha value is -4.41. The zero-order valence-corrected chi connectivity index (χ0v) is 19.2. The van der Waals surface area contributed by atoms with Crippen LogP contribution in [-0.4, -0.2) is 42.6 Å². The molecule has 0 aliphatic heterocycles. The van der Waals surface area contributed by atoms with E-state index in [4.69, 9.17) is 5.21 Å². The van der Waals surface area contributed by atoms with Crippen LogP contribution in [0.3, 0.4) is 0 Å². The molecule has 0 saturated heterocycles. The number of rotatable bonds is 6. The third-order valence-electron chi connectivity index (χ3n) is 4.95. The van der Waals surface area contributed by atoms with E-state index >= 15 is 0 Å². The minimum Gasteiger partial charge on any atom is -0.341 e. The van der Waals surface area contributed by atoms with Gasteiger partial charge in [-0.25, -0.2) is 19.1 Å². The van der Waals surface area contributed by atoms with Crippen molar-refractivity contribution >= 4 is 23.5 Å². The molecule has 0 saturated carbocycles. The van der Waals surface area contributed by atoms with Crippen molar-refractivity contribution in [3.63, 3.8) is 0 Å². The number of hydroxylamine groups is 1. The number of carbonyl (C=O) groups excluding carboxylic acids is 3. The van der Waals surface area contributed by atoms with Crippen LogP contribution in [0.4, 0.5) is 19.3 Å². The average Bonchev–Trinajstić information content (AvgIpc) is 2.85. The molecule has 35 heavy (non-hydrogen) atoms. The molecular weight excluding hydrogens is 458 g/mol. The average molecular weight is 482 g/mol. The highest BCUT2D eigenvalue weighted by Crippen LogP contribution is 2.29. The van der Waals surface area contributed by atoms with Crippen molar-refractivity contribution in [3.8, 4) is 23.7 Å². The fraction of sp³-hybridized carbons (Fsp3) is 0.240. The van der Waals surface area contributed by atoms with Gasteiger partial charge >= 0.3 is 6.03 Å². The molecule has 0 radical (unpaired) electrons. The van der Waals surface area contributed by atoms with E-state index in [9.17, 15) is 23.2 Å². The van der Waals surface area contributed by atoms with Gasteiger partial charge in [0.1, 0.15) is 6.04 Å². The summed E-state index contributed by atoms with van der Waals surface area (Å²) in [6.07, 6.45) is -2.93. The quantitative estimate of drug-likeness (QED) is 0.247. The molecule has 0 spiro atoms. The van der Waals surface area contributed by atoms with Gasteiger partial charge in [-0.2, -0.15) is 0 Å². The molecule has 2 rings (SSSR count). The van der Waals surface area contributed by atoms with E-state index in [0.717, 1.165) is 13.8 Å². The Kier molecular flexibility index (Phi) is 9.33. The summed E-state index contributed by atoms with van der Waals surface area (Å²) < 4.78 is 26.7. The summed E-state index contributed by atoms with van der Waals surface area (Å²) in [5, 5.41) is 16.2. The molecule has 0 aliphatic carbocycles. The van der Waals surface area contributed by atoms with Gasteiger partial charge in [0.25, 0.3) is 11.8 Å². The SMILES string of the molecule is CNC(=O)Nc1ccc(C#CC#Cc2ccc(C(=O)N[C@H](C(=O)NO)C(C)(C)C(F)F)cc2)cc1. The molecule has 8 nitrogen and oxygen atoms in total. The van der Waals surface area contributed by atoms with Crippen molar-refractivity contribution in [2.75, 3.05) is 12.4 Å². The predicted octanol–water partition coefficient (Wildman–Crippen LogP) is 2.74. The number of nitrogens with one attached hydrogen (secondary N) is 4. The summed E-state index contributed by atoms with van der Waals surface area (Å²) in [5.74, 6) is 9.16. The number of alkyl halides is 2. The first-order chi connectivity index (χ1) is 16.6. The second-order valence-electron chi connectivity index (χ2n) is 7.86. The van der Waals surface area contributed by atoms with Crippen LogP contribution < -0.4 is 21.4 Å². The molecule has 0 aromatic heterocycles. The summed E-state index contributed by atoms with van der Waals surface area (Å²) >= 11 is 0. The lowest BCUT2D eigenvalue weighted by atomic mass is 9.84. The van der Waals surface area contributed by atoms with Gasteiger partial charge in [-0.1, -0.05) is 25.7 Å². The molecule has 0 aliphatic rings. The fourth-order valence-corrected chi connectivity index (χ4v) is 2.74. The van der Waals surface area contributed by atoms with Crippen LogP contribution in [0.5, 0.6) is 0 Å². The zero-order chi connectivity index (χ0) is 26.0. The maximum Gasteiger partial charge on any atom is 0.318 e. The Balaban J connectivity index is 2.05. The number of carbonyl (C=O) groups is 3. The van der Waals surface area contributed by atoms with Gasteiger partial charge < -0.3 is 16.0 Å². The van der Waals surface area contributed by atoms with Crippen LogP contribution in [0.25, 0.3) is 0 Å². The maximum absolute atomic E-state index is 13.3. The summed E-state index contributed by atoms with van der Waals surface area (Å²) in [6.45, 7) is 2.21. The molecule has 182 valence electrons. The minimum atomic E-state index is -2.93. The Morgan fingerprint density at radius 3 is 1.89 bits per heavy atom. The van der Waals surface area contributed by atoms with Gasteiger partial charge in [0.05, 0.1) is 5.41 Å². The second-order valence-corrected chi connectivity index (χ2v) is 7.86. The summed E-state index contributed by atoms with van der Waals surface area (Å²) in [6, 6.07) is 10.8. The number of urea groups is 1. The third kappa shape index (κ3) is 7.56. The molecule has 2 aromatic rings. The van der Waals surface area contributed by atoms with Crippen molar-refractivity contribution in [1.29, 1.82) is 0 Å². The van der Waals surface area contributed by atoms with Crippen molar-refractivity contribution in [3.05, 3.63) is 65.2 Å². The third-order valence-corrected chi connectivity index (χ3v) is 4.95. The van der Waals surface area contributed by atoms with Crippen molar-refractivity contribution < 1.29 is 28.4 Å². The fourth-order valence-electron chi connectivity index (χ4n) is 2.74. The normalized spacial score (nSPS) is 11.2. The minimum absolute atomic E-state index is 0.118. The number of halogens is 2. The van der Waals surface area contributed by atoms with Gasteiger partial charge in [-0.3, -0.25) is 14.8 Å². The lowest BCUT2D eigenvalue weighted by Gasteiger charge is -2.32. The second kappa shape index (κ2) is 12.2. The molecule has 4 amide bonds. The molecular formula is C25H24F2N4O4. The standard InChI is InChI=1S/C25H24F2N4O4/c1-25(2,23(26)27)20(22(33)31-35)30-21(32)18-12-8-16(9-13-18)6-4-5-7-17-10-14-19(15-11-17)29-24(34)28-3/h8-15,20,23,35H,1-3H3,(H,30,32)(H,31,33)(H2,28,29,34)/t20-/m1/s1. The number of hydrogen-bond acceptors (Lipinski definition) is 4. The smallest absolute Gasteiger partial charge is 0.318 e. The Morgan fingerprint density at radius 1 is 0.914 bits per heavy atom. The van der Waals surface area contributed by atoms with E-state index in [1.807, 2.05) is 0 Å². The predicted molar refractivity (Wildman–Crippen MR) is 126 cm³/mol. The topological polar surface area (TPSA) is 120 Å². The Morgan fingerprint density at radius 2 is 1.43 bits per heavy atom. The van der Waals surface area contributed by atoms with E-state index in [1.165, 1.54) is 24.7 Å². The van der Waals surface area contributed by atoms with Crippen LogP contribution in [0.2, 0.25) is 0 Å².